The van der Waals surface area contributed by atoms with E-state index in [1.807, 2.05) is 19.1 Å². The lowest BCUT2D eigenvalue weighted by atomic mass is 10.3. The molecule has 0 fully saturated rings. The fourth-order valence-corrected chi connectivity index (χ4v) is 0.767. The maximum Gasteiger partial charge on any atom is 0.0690 e. The number of ether oxygens (including phenoxy) is 1. The SMILES string of the molecule is C=C(CNC(C)C)COC/C=C/C. The van der Waals surface area contributed by atoms with Crippen LogP contribution < -0.4 is 5.32 Å². The Morgan fingerprint density at radius 1 is 1.54 bits per heavy atom. The fraction of sp³-hybridized carbons (Fsp3) is 0.636. The predicted octanol–water partition coefficient (Wildman–Crippen LogP) is 2.13. The van der Waals surface area contributed by atoms with Gasteiger partial charge in [-0.15, -0.1) is 0 Å². The molecule has 0 bridgehead atoms. The highest BCUT2D eigenvalue weighted by Gasteiger charge is 1.95. The number of allylic oxidation sites excluding steroid dienone is 1. The summed E-state index contributed by atoms with van der Waals surface area (Å²) < 4.78 is 5.34. The van der Waals surface area contributed by atoms with E-state index in [0.717, 1.165) is 12.1 Å². The van der Waals surface area contributed by atoms with Crippen LogP contribution in [-0.4, -0.2) is 25.8 Å². The van der Waals surface area contributed by atoms with E-state index in [9.17, 15) is 0 Å². The Bertz CT molecular complexity index is 161. The fourth-order valence-electron chi connectivity index (χ4n) is 0.767. The minimum absolute atomic E-state index is 0.507. The van der Waals surface area contributed by atoms with Crippen LogP contribution in [0, 0.1) is 0 Å². The Balaban J connectivity index is 3.30. The van der Waals surface area contributed by atoms with Gasteiger partial charge in [-0.1, -0.05) is 32.6 Å². The zero-order valence-corrected chi connectivity index (χ0v) is 8.97. The van der Waals surface area contributed by atoms with Crippen molar-refractivity contribution in [1.82, 2.24) is 5.32 Å². The van der Waals surface area contributed by atoms with Gasteiger partial charge in [0.1, 0.15) is 0 Å². The third kappa shape index (κ3) is 9.31. The molecule has 2 heteroatoms. The van der Waals surface area contributed by atoms with Crippen LogP contribution in [0.1, 0.15) is 20.8 Å². The van der Waals surface area contributed by atoms with Gasteiger partial charge in [-0.05, 0) is 12.5 Å². The molecule has 0 aliphatic heterocycles. The number of rotatable bonds is 7. The van der Waals surface area contributed by atoms with Crippen LogP contribution in [0.5, 0.6) is 0 Å². The van der Waals surface area contributed by atoms with Crippen molar-refractivity contribution in [3.8, 4) is 0 Å². The molecule has 0 atom stereocenters. The first-order valence-corrected chi connectivity index (χ1v) is 4.75. The Morgan fingerprint density at radius 3 is 2.77 bits per heavy atom. The molecule has 13 heavy (non-hydrogen) atoms. The van der Waals surface area contributed by atoms with Gasteiger partial charge in [-0.25, -0.2) is 0 Å². The number of nitrogens with one attached hydrogen (secondary N) is 1. The minimum Gasteiger partial charge on any atom is -0.373 e. The van der Waals surface area contributed by atoms with Gasteiger partial charge in [0.2, 0.25) is 0 Å². The van der Waals surface area contributed by atoms with Crippen molar-refractivity contribution in [2.45, 2.75) is 26.8 Å². The highest BCUT2D eigenvalue weighted by molar-refractivity contribution is 4.97. The van der Waals surface area contributed by atoms with E-state index in [-0.39, 0.29) is 0 Å². The second-order valence-electron chi connectivity index (χ2n) is 3.37. The molecular formula is C11H21NO. The van der Waals surface area contributed by atoms with Crippen LogP contribution >= 0.6 is 0 Å². The summed E-state index contributed by atoms with van der Waals surface area (Å²) in [6.45, 7) is 12.3. The van der Waals surface area contributed by atoms with E-state index in [1.54, 1.807) is 0 Å². The first-order valence-electron chi connectivity index (χ1n) is 4.75. The van der Waals surface area contributed by atoms with E-state index in [2.05, 4.69) is 25.7 Å². The van der Waals surface area contributed by atoms with E-state index in [4.69, 9.17) is 4.74 Å². The molecule has 2 nitrogen and oxygen atoms in total. The van der Waals surface area contributed by atoms with Crippen LogP contribution in [0.15, 0.2) is 24.3 Å². The van der Waals surface area contributed by atoms with Crippen molar-refractivity contribution in [3.63, 3.8) is 0 Å². The van der Waals surface area contributed by atoms with Gasteiger partial charge in [-0.2, -0.15) is 0 Å². The summed E-state index contributed by atoms with van der Waals surface area (Å²) in [5, 5.41) is 3.29. The maximum atomic E-state index is 5.34. The standard InChI is InChI=1S/C11H21NO/c1-5-6-7-13-9-11(4)8-12-10(2)3/h5-6,10,12H,4,7-9H2,1-3H3/b6-5+. The van der Waals surface area contributed by atoms with Crippen LogP contribution in [0.2, 0.25) is 0 Å². The quantitative estimate of drug-likeness (QED) is 0.482. The Hall–Kier alpha value is -0.600. The lowest BCUT2D eigenvalue weighted by Crippen LogP contribution is -2.25. The van der Waals surface area contributed by atoms with Crippen LogP contribution in [0.4, 0.5) is 0 Å². The molecule has 0 spiro atoms. The normalized spacial score (nSPS) is 11.4. The molecule has 0 aromatic rings. The first kappa shape index (κ1) is 12.4. The van der Waals surface area contributed by atoms with Crippen molar-refractivity contribution in [1.29, 1.82) is 0 Å². The molecule has 0 heterocycles. The van der Waals surface area contributed by atoms with Crippen molar-refractivity contribution in [2.75, 3.05) is 19.8 Å². The molecule has 0 unspecified atom stereocenters. The Kier molecular flexibility index (Phi) is 7.65. The van der Waals surface area contributed by atoms with E-state index in [0.29, 0.717) is 19.3 Å². The summed E-state index contributed by atoms with van der Waals surface area (Å²) >= 11 is 0. The predicted molar refractivity (Wildman–Crippen MR) is 57.9 cm³/mol. The molecule has 0 aromatic carbocycles. The molecule has 0 amide bonds. The molecule has 0 aromatic heterocycles. The van der Waals surface area contributed by atoms with Gasteiger partial charge >= 0.3 is 0 Å². The van der Waals surface area contributed by atoms with E-state index < -0.39 is 0 Å². The maximum absolute atomic E-state index is 5.34. The van der Waals surface area contributed by atoms with Crippen molar-refractivity contribution < 1.29 is 4.74 Å². The van der Waals surface area contributed by atoms with Gasteiger partial charge in [0, 0.05) is 12.6 Å². The molecule has 76 valence electrons. The lowest BCUT2D eigenvalue weighted by molar-refractivity contribution is 0.185. The first-order chi connectivity index (χ1) is 6.16. The largest absolute Gasteiger partial charge is 0.373 e. The molecule has 1 N–H and O–H groups in total. The van der Waals surface area contributed by atoms with Gasteiger partial charge in [0.15, 0.2) is 0 Å². The summed E-state index contributed by atoms with van der Waals surface area (Å²) in [5.74, 6) is 0. The highest BCUT2D eigenvalue weighted by Crippen LogP contribution is 1.91. The zero-order valence-electron chi connectivity index (χ0n) is 8.97. The van der Waals surface area contributed by atoms with Crippen molar-refractivity contribution in [2.24, 2.45) is 0 Å². The zero-order chi connectivity index (χ0) is 10.1. The van der Waals surface area contributed by atoms with Crippen molar-refractivity contribution in [3.05, 3.63) is 24.3 Å². The summed E-state index contributed by atoms with van der Waals surface area (Å²) in [6, 6.07) is 0.507. The summed E-state index contributed by atoms with van der Waals surface area (Å²) in [4.78, 5) is 0. The Morgan fingerprint density at radius 2 is 2.23 bits per heavy atom. The Labute approximate surface area is 81.7 Å². The van der Waals surface area contributed by atoms with Crippen LogP contribution in [0.25, 0.3) is 0 Å². The molecule has 0 saturated carbocycles. The third-order valence-electron chi connectivity index (χ3n) is 1.52. The van der Waals surface area contributed by atoms with Gasteiger partial charge in [0.25, 0.3) is 0 Å². The van der Waals surface area contributed by atoms with E-state index >= 15 is 0 Å². The third-order valence-corrected chi connectivity index (χ3v) is 1.52. The van der Waals surface area contributed by atoms with Crippen molar-refractivity contribution >= 4 is 0 Å². The van der Waals surface area contributed by atoms with Gasteiger partial charge in [0.05, 0.1) is 13.2 Å². The summed E-state index contributed by atoms with van der Waals surface area (Å²) in [6.07, 6.45) is 3.97. The minimum atomic E-state index is 0.507. The number of hydrogen-bond acceptors (Lipinski definition) is 2. The van der Waals surface area contributed by atoms with Crippen LogP contribution in [0.3, 0.4) is 0 Å². The molecular weight excluding hydrogens is 162 g/mol. The molecule has 0 rings (SSSR count). The second kappa shape index (κ2) is 8.02. The van der Waals surface area contributed by atoms with Crippen LogP contribution in [-0.2, 0) is 4.74 Å². The molecule has 0 radical (unpaired) electrons. The van der Waals surface area contributed by atoms with Gasteiger partial charge in [-0.3, -0.25) is 0 Å². The summed E-state index contributed by atoms with van der Waals surface area (Å²) in [7, 11) is 0. The monoisotopic (exact) mass is 183 g/mol. The highest BCUT2D eigenvalue weighted by atomic mass is 16.5. The molecule has 0 aliphatic carbocycles. The number of hydrogen-bond donors (Lipinski definition) is 1. The van der Waals surface area contributed by atoms with Gasteiger partial charge < -0.3 is 10.1 Å². The smallest absolute Gasteiger partial charge is 0.0690 e. The average Bonchev–Trinajstić information content (AvgIpc) is 2.09. The second-order valence-corrected chi connectivity index (χ2v) is 3.37. The topological polar surface area (TPSA) is 21.3 Å². The summed E-state index contributed by atoms with van der Waals surface area (Å²) in [5.41, 5.74) is 1.10. The van der Waals surface area contributed by atoms with E-state index in [1.165, 1.54) is 0 Å². The lowest BCUT2D eigenvalue weighted by Gasteiger charge is -2.10. The average molecular weight is 183 g/mol. The molecule has 0 aliphatic rings. The molecule has 0 saturated heterocycles.